The Balaban J connectivity index is 2.50. The first kappa shape index (κ1) is 24.9. The van der Waals surface area contributed by atoms with Crippen molar-refractivity contribution in [2.24, 2.45) is 0 Å². The third-order valence-electron chi connectivity index (χ3n) is 4.08. The zero-order chi connectivity index (χ0) is 24.2. The van der Waals surface area contributed by atoms with Gasteiger partial charge in [0.1, 0.15) is 47.1 Å². The highest BCUT2D eigenvalue weighted by Crippen LogP contribution is 2.38. The maximum absolute atomic E-state index is 14.5. The zero-order valence-corrected chi connectivity index (χ0v) is 16.6. The average molecular weight is 460 g/mol. The van der Waals surface area contributed by atoms with Gasteiger partial charge in [-0.15, -0.1) is 0 Å². The van der Waals surface area contributed by atoms with Crippen LogP contribution in [-0.2, 0) is 10.8 Å². The minimum Gasteiger partial charge on any atom is -0.429 e. The minimum absolute atomic E-state index is 0.0708. The molecule has 0 spiro atoms. The van der Waals surface area contributed by atoms with Crippen molar-refractivity contribution in [2.75, 3.05) is 6.67 Å². The van der Waals surface area contributed by atoms with E-state index >= 15 is 0 Å². The van der Waals surface area contributed by atoms with Gasteiger partial charge >= 0.3 is 6.11 Å². The normalized spacial score (nSPS) is 12.7. The molecular weight excluding hydrogens is 444 g/mol. The molecule has 9 heteroatoms. The molecule has 0 atom stereocenters. The fourth-order valence-corrected chi connectivity index (χ4v) is 2.67. The molecule has 0 aliphatic carbocycles. The van der Waals surface area contributed by atoms with Crippen molar-refractivity contribution in [3.63, 3.8) is 0 Å². The largest absolute Gasteiger partial charge is 0.432 e. The van der Waals surface area contributed by atoms with Crippen LogP contribution in [0.3, 0.4) is 0 Å². The van der Waals surface area contributed by atoms with Crippen LogP contribution < -0.4 is 0 Å². The van der Waals surface area contributed by atoms with Crippen LogP contribution in [-0.4, -0.2) is 6.67 Å². The molecule has 0 bridgehead atoms. The molecule has 1 nitrogen and oxygen atoms in total. The standard InChI is InChI=1S/C23H16F8O/c1-12(2)14-4-5-18(19(27)7-14)15-8-20(28)22(21(29)9-15)23(30,31)32-17(6-13(3)25)10-16(26)11-24/h4-10H,1,3,11H2,2H3/b16-10+,17-6+. The molecule has 0 radical (unpaired) electrons. The molecule has 2 rings (SSSR count). The van der Waals surface area contributed by atoms with E-state index in [1.54, 1.807) is 6.92 Å². The lowest BCUT2D eigenvalue weighted by atomic mass is 9.99. The van der Waals surface area contributed by atoms with Crippen molar-refractivity contribution in [1.82, 2.24) is 0 Å². The van der Waals surface area contributed by atoms with E-state index in [-0.39, 0.29) is 23.3 Å². The minimum atomic E-state index is -4.77. The molecule has 32 heavy (non-hydrogen) atoms. The van der Waals surface area contributed by atoms with Crippen LogP contribution in [0.1, 0.15) is 18.1 Å². The molecule has 0 saturated heterocycles. The monoisotopic (exact) mass is 460 g/mol. The summed E-state index contributed by atoms with van der Waals surface area (Å²) >= 11 is 0. The highest BCUT2D eigenvalue weighted by atomic mass is 19.3. The summed E-state index contributed by atoms with van der Waals surface area (Å²) in [5, 5.41) is 0. The molecule has 2 aromatic rings. The number of hydrogen-bond acceptors (Lipinski definition) is 1. The topological polar surface area (TPSA) is 9.23 Å². The van der Waals surface area contributed by atoms with Crippen LogP contribution in [0.25, 0.3) is 16.7 Å². The molecule has 0 heterocycles. The number of benzene rings is 2. The molecule has 0 aromatic heterocycles. The Morgan fingerprint density at radius 3 is 2.03 bits per heavy atom. The average Bonchev–Trinajstić information content (AvgIpc) is 2.65. The van der Waals surface area contributed by atoms with Crippen molar-refractivity contribution in [1.29, 1.82) is 0 Å². The first-order valence-corrected chi connectivity index (χ1v) is 8.86. The molecule has 0 fully saturated rings. The Kier molecular flexibility index (Phi) is 7.66. The van der Waals surface area contributed by atoms with E-state index in [1.807, 2.05) is 0 Å². The van der Waals surface area contributed by atoms with Crippen molar-refractivity contribution in [3.8, 4) is 11.1 Å². The number of ether oxygens (including phenoxy) is 1. The van der Waals surface area contributed by atoms with E-state index < -0.39 is 53.2 Å². The number of alkyl halides is 3. The smallest absolute Gasteiger partial charge is 0.429 e. The second-order valence-corrected chi connectivity index (χ2v) is 6.63. The van der Waals surface area contributed by atoms with Crippen LogP contribution in [0.2, 0.25) is 0 Å². The van der Waals surface area contributed by atoms with Gasteiger partial charge in [0.2, 0.25) is 0 Å². The summed E-state index contributed by atoms with van der Waals surface area (Å²) in [7, 11) is 0. The van der Waals surface area contributed by atoms with E-state index in [0.29, 0.717) is 23.3 Å². The quantitative estimate of drug-likeness (QED) is 0.220. The molecule has 0 N–H and O–H groups in total. The van der Waals surface area contributed by atoms with Crippen molar-refractivity contribution >= 4 is 5.57 Å². The van der Waals surface area contributed by atoms with E-state index in [1.165, 1.54) is 12.1 Å². The van der Waals surface area contributed by atoms with Crippen LogP contribution in [0, 0.1) is 17.5 Å². The lowest BCUT2D eigenvalue weighted by Crippen LogP contribution is -2.21. The third kappa shape index (κ3) is 5.87. The fraction of sp³-hybridized carbons (Fsp3) is 0.130. The van der Waals surface area contributed by atoms with Crippen LogP contribution in [0.15, 0.2) is 73.1 Å². The van der Waals surface area contributed by atoms with Crippen LogP contribution in [0.5, 0.6) is 0 Å². The summed E-state index contributed by atoms with van der Waals surface area (Å²) in [6.45, 7) is 6.26. The summed E-state index contributed by atoms with van der Waals surface area (Å²) in [4.78, 5) is 0. The lowest BCUT2D eigenvalue weighted by Gasteiger charge is -2.20. The molecule has 2 aromatic carbocycles. The summed E-state index contributed by atoms with van der Waals surface area (Å²) in [6.07, 6.45) is -4.53. The molecular formula is C23H16F8O. The van der Waals surface area contributed by atoms with Crippen molar-refractivity contribution < 1.29 is 39.9 Å². The highest BCUT2D eigenvalue weighted by molar-refractivity contribution is 5.69. The Morgan fingerprint density at radius 2 is 1.56 bits per heavy atom. The SMILES string of the molecule is C=C(F)/C=C(\C=C(\F)CF)OC(F)(F)c1c(F)cc(-c2ccc(C(=C)C)cc2F)cc1F. The van der Waals surface area contributed by atoms with Gasteiger partial charge in [-0.1, -0.05) is 30.9 Å². The van der Waals surface area contributed by atoms with Crippen LogP contribution in [0.4, 0.5) is 35.1 Å². The van der Waals surface area contributed by atoms with Gasteiger partial charge in [0.05, 0.1) is 0 Å². The van der Waals surface area contributed by atoms with Crippen molar-refractivity contribution in [2.45, 2.75) is 13.0 Å². The molecule has 170 valence electrons. The van der Waals surface area contributed by atoms with Gasteiger partial charge in [-0.25, -0.2) is 26.3 Å². The summed E-state index contributed by atoms with van der Waals surface area (Å²) in [5.74, 6) is -8.77. The van der Waals surface area contributed by atoms with Gasteiger partial charge in [0.25, 0.3) is 0 Å². The van der Waals surface area contributed by atoms with Crippen LogP contribution >= 0.6 is 0 Å². The van der Waals surface area contributed by atoms with Crippen molar-refractivity contribution in [3.05, 3.63) is 102 Å². The van der Waals surface area contributed by atoms with Gasteiger partial charge in [-0.3, -0.25) is 0 Å². The molecule has 0 aliphatic heterocycles. The number of halogens is 8. The van der Waals surface area contributed by atoms with Gasteiger partial charge in [0.15, 0.2) is 0 Å². The number of rotatable bonds is 8. The Bertz CT molecular complexity index is 1090. The first-order valence-electron chi connectivity index (χ1n) is 8.86. The fourth-order valence-electron chi connectivity index (χ4n) is 2.67. The van der Waals surface area contributed by atoms with E-state index in [9.17, 15) is 35.1 Å². The Labute approximate surface area is 178 Å². The molecule has 0 unspecified atom stereocenters. The van der Waals surface area contributed by atoms with Gasteiger partial charge in [-0.05, 0) is 36.2 Å². The molecule has 0 aliphatic rings. The van der Waals surface area contributed by atoms with Gasteiger partial charge in [0, 0.05) is 17.7 Å². The number of allylic oxidation sites excluding steroid dienone is 5. The Hall–Kier alpha value is -3.36. The highest BCUT2D eigenvalue weighted by Gasteiger charge is 2.41. The third-order valence-corrected chi connectivity index (χ3v) is 4.08. The maximum atomic E-state index is 14.5. The van der Waals surface area contributed by atoms with E-state index in [0.717, 1.165) is 6.07 Å². The first-order chi connectivity index (χ1) is 14.9. The second-order valence-electron chi connectivity index (χ2n) is 6.63. The summed E-state index contributed by atoms with van der Waals surface area (Å²) in [5.41, 5.74) is -1.61. The predicted molar refractivity (Wildman–Crippen MR) is 105 cm³/mol. The van der Waals surface area contributed by atoms with Gasteiger partial charge in [-0.2, -0.15) is 8.78 Å². The summed E-state index contributed by atoms with van der Waals surface area (Å²) in [6, 6.07) is 4.58. The maximum Gasteiger partial charge on any atom is 0.432 e. The van der Waals surface area contributed by atoms with Gasteiger partial charge < -0.3 is 4.74 Å². The Morgan fingerprint density at radius 1 is 0.969 bits per heavy atom. The number of hydrogen-bond donors (Lipinski definition) is 0. The zero-order valence-electron chi connectivity index (χ0n) is 16.6. The van der Waals surface area contributed by atoms with E-state index in [2.05, 4.69) is 17.9 Å². The predicted octanol–water partition coefficient (Wildman–Crippen LogP) is 8.06. The molecule has 0 saturated carbocycles. The second kappa shape index (κ2) is 9.84. The molecule has 0 amide bonds. The van der Waals surface area contributed by atoms with E-state index in [4.69, 9.17) is 0 Å². The lowest BCUT2D eigenvalue weighted by molar-refractivity contribution is -0.224. The summed E-state index contributed by atoms with van der Waals surface area (Å²) < 4.78 is 115.